The van der Waals surface area contributed by atoms with E-state index >= 15 is 0 Å². The highest BCUT2D eigenvalue weighted by atomic mass is 79.9. The van der Waals surface area contributed by atoms with E-state index in [9.17, 15) is 4.79 Å². The molecule has 0 atom stereocenters. The van der Waals surface area contributed by atoms with Crippen LogP contribution in [0.15, 0.2) is 16.6 Å². The minimum atomic E-state index is -0.424. The predicted octanol–water partition coefficient (Wildman–Crippen LogP) is 2.68. The van der Waals surface area contributed by atoms with Gasteiger partial charge in [-0.1, -0.05) is 12.8 Å². The Hall–Kier alpha value is -1.27. The van der Waals surface area contributed by atoms with Crippen molar-refractivity contribution in [3.05, 3.63) is 16.6 Å². The first-order valence-electron chi connectivity index (χ1n) is 7.25. The lowest BCUT2D eigenvalue weighted by molar-refractivity contribution is -0.124. The molecule has 114 valence electrons. The highest BCUT2D eigenvalue weighted by molar-refractivity contribution is 9.10. The molecule has 1 aliphatic carbocycles. The SMILES string of the molecule is NCC1(C(=O)Nc2cc3c(cc2Br)OCCO3)CCCC1. The van der Waals surface area contributed by atoms with E-state index in [1.807, 2.05) is 6.07 Å². The average Bonchev–Trinajstić information content (AvgIpc) is 2.98. The minimum absolute atomic E-state index is 0.000113. The number of amides is 1. The molecule has 0 unspecified atom stereocenters. The van der Waals surface area contributed by atoms with Gasteiger partial charge in [0.15, 0.2) is 11.5 Å². The van der Waals surface area contributed by atoms with E-state index in [0.29, 0.717) is 36.9 Å². The smallest absolute Gasteiger partial charge is 0.231 e. The van der Waals surface area contributed by atoms with Crippen LogP contribution in [0.5, 0.6) is 11.5 Å². The van der Waals surface area contributed by atoms with E-state index < -0.39 is 5.41 Å². The first-order chi connectivity index (χ1) is 10.1. The summed E-state index contributed by atoms with van der Waals surface area (Å²) in [6, 6.07) is 3.63. The van der Waals surface area contributed by atoms with Crippen molar-refractivity contribution in [1.29, 1.82) is 0 Å². The highest BCUT2D eigenvalue weighted by Gasteiger charge is 2.40. The normalized spacial score (nSPS) is 19.3. The fourth-order valence-electron chi connectivity index (χ4n) is 2.99. The largest absolute Gasteiger partial charge is 0.486 e. The third-order valence-electron chi connectivity index (χ3n) is 4.31. The van der Waals surface area contributed by atoms with Gasteiger partial charge in [-0.2, -0.15) is 0 Å². The molecule has 3 N–H and O–H groups in total. The van der Waals surface area contributed by atoms with Gasteiger partial charge in [0.2, 0.25) is 5.91 Å². The molecule has 1 heterocycles. The second kappa shape index (κ2) is 5.85. The van der Waals surface area contributed by atoms with E-state index in [4.69, 9.17) is 15.2 Å². The molecule has 0 bridgehead atoms. The summed E-state index contributed by atoms with van der Waals surface area (Å²) in [5.41, 5.74) is 6.13. The van der Waals surface area contributed by atoms with Crippen molar-refractivity contribution in [2.24, 2.45) is 11.1 Å². The van der Waals surface area contributed by atoms with Gasteiger partial charge >= 0.3 is 0 Å². The molecule has 3 rings (SSSR count). The number of fused-ring (bicyclic) bond motifs is 1. The van der Waals surface area contributed by atoms with Crippen LogP contribution >= 0.6 is 15.9 Å². The molecule has 0 saturated heterocycles. The Morgan fingerprint density at radius 2 is 1.86 bits per heavy atom. The van der Waals surface area contributed by atoms with Crippen LogP contribution in [0, 0.1) is 5.41 Å². The van der Waals surface area contributed by atoms with Crippen molar-refractivity contribution in [3.63, 3.8) is 0 Å². The summed E-state index contributed by atoms with van der Waals surface area (Å²) in [5, 5.41) is 2.99. The zero-order valence-electron chi connectivity index (χ0n) is 11.8. The Bertz CT molecular complexity index is 556. The lowest BCUT2D eigenvalue weighted by Crippen LogP contribution is -2.40. The maximum atomic E-state index is 12.6. The molecule has 0 aromatic heterocycles. The topological polar surface area (TPSA) is 73.6 Å². The number of rotatable bonds is 3. The third kappa shape index (κ3) is 2.74. The van der Waals surface area contributed by atoms with Crippen LogP contribution in [-0.2, 0) is 4.79 Å². The van der Waals surface area contributed by atoms with Crippen molar-refractivity contribution in [2.45, 2.75) is 25.7 Å². The molecule has 1 amide bonds. The number of nitrogens with two attached hydrogens (primary N) is 1. The van der Waals surface area contributed by atoms with Crippen molar-refractivity contribution in [1.82, 2.24) is 0 Å². The van der Waals surface area contributed by atoms with Crippen LogP contribution in [-0.4, -0.2) is 25.7 Å². The number of hydrogen-bond acceptors (Lipinski definition) is 4. The van der Waals surface area contributed by atoms with Gasteiger partial charge in [-0.25, -0.2) is 0 Å². The summed E-state index contributed by atoms with van der Waals surface area (Å²) >= 11 is 3.47. The molecule has 2 aliphatic rings. The lowest BCUT2D eigenvalue weighted by atomic mass is 9.85. The van der Waals surface area contributed by atoms with Gasteiger partial charge in [0.25, 0.3) is 0 Å². The Kier molecular flexibility index (Phi) is 4.08. The molecular formula is C15H19BrN2O3. The number of anilines is 1. The second-order valence-corrected chi connectivity index (χ2v) is 6.48. The predicted molar refractivity (Wildman–Crippen MR) is 83.7 cm³/mol. The van der Waals surface area contributed by atoms with Crippen molar-refractivity contribution in [3.8, 4) is 11.5 Å². The third-order valence-corrected chi connectivity index (χ3v) is 4.97. The van der Waals surface area contributed by atoms with Crippen LogP contribution in [0.4, 0.5) is 5.69 Å². The highest BCUT2D eigenvalue weighted by Crippen LogP contribution is 2.41. The molecule has 0 radical (unpaired) electrons. The van der Waals surface area contributed by atoms with E-state index in [1.165, 1.54) is 0 Å². The van der Waals surface area contributed by atoms with Crippen LogP contribution in [0.1, 0.15) is 25.7 Å². The Morgan fingerprint density at radius 3 is 2.48 bits per heavy atom. The monoisotopic (exact) mass is 354 g/mol. The summed E-state index contributed by atoms with van der Waals surface area (Å²) in [4.78, 5) is 12.6. The van der Waals surface area contributed by atoms with E-state index in [-0.39, 0.29) is 5.91 Å². The van der Waals surface area contributed by atoms with E-state index in [1.54, 1.807) is 6.07 Å². The number of carbonyl (C=O) groups is 1. The quantitative estimate of drug-likeness (QED) is 0.874. The van der Waals surface area contributed by atoms with Crippen LogP contribution < -0.4 is 20.5 Å². The number of benzene rings is 1. The van der Waals surface area contributed by atoms with Crippen LogP contribution in [0.3, 0.4) is 0 Å². The molecule has 1 fully saturated rings. The number of nitrogens with one attached hydrogen (secondary N) is 1. The summed E-state index contributed by atoms with van der Waals surface area (Å²) in [7, 11) is 0. The number of carbonyl (C=O) groups excluding carboxylic acids is 1. The Balaban J connectivity index is 1.82. The van der Waals surface area contributed by atoms with Crippen LogP contribution in [0.25, 0.3) is 0 Å². The summed E-state index contributed by atoms with van der Waals surface area (Å²) < 4.78 is 11.9. The Morgan fingerprint density at radius 1 is 1.24 bits per heavy atom. The molecule has 5 nitrogen and oxygen atoms in total. The molecule has 1 aliphatic heterocycles. The van der Waals surface area contributed by atoms with Gasteiger partial charge in [-0.05, 0) is 28.8 Å². The summed E-state index contributed by atoms with van der Waals surface area (Å²) in [6.07, 6.45) is 3.84. The zero-order chi connectivity index (χ0) is 14.9. The van der Waals surface area contributed by atoms with Gasteiger partial charge in [-0.3, -0.25) is 4.79 Å². The number of halogens is 1. The standard InChI is InChI=1S/C15H19BrN2O3/c16-10-7-12-13(21-6-5-20-12)8-11(10)18-14(19)15(9-17)3-1-2-4-15/h7-8H,1-6,9,17H2,(H,18,19). The Labute approximate surface area is 132 Å². The maximum Gasteiger partial charge on any atom is 0.231 e. The maximum absolute atomic E-state index is 12.6. The number of ether oxygens (including phenoxy) is 2. The van der Waals surface area contributed by atoms with Crippen molar-refractivity contribution < 1.29 is 14.3 Å². The lowest BCUT2D eigenvalue weighted by Gasteiger charge is -2.26. The van der Waals surface area contributed by atoms with E-state index in [0.717, 1.165) is 30.2 Å². The fourth-order valence-corrected chi connectivity index (χ4v) is 3.41. The van der Waals surface area contributed by atoms with Crippen molar-refractivity contribution in [2.75, 3.05) is 25.1 Å². The molecule has 1 aromatic carbocycles. The minimum Gasteiger partial charge on any atom is -0.486 e. The average molecular weight is 355 g/mol. The molecular weight excluding hydrogens is 336 g/mol. The molecule has 1 saturated carbocycles. The van der Waals surface area contributed by atoms with Gasteiger partial charge < -0.3 is 20.5 Å². The zero-order valence-corrected chi connectivity index (χ0v) is 13.4. The van der Waals surface area contributed by atoms with Crippen molar-refractivity contribution >= 4 is 27.5 Å². The van der Waals surface area contributed by atoms with Gasteiger partial charge in [0.05, 0.1) is 11.1 Å². The molecule has 0 spiro atoms. The molecule has 1 aromatic rings. The second-order valence-electron chi connectivity index (χ2n) is 5.62. The first kappa shape index (κ1) is 14.7. The fraction of sp³-hybridized carbons (Fsp3) is 0.533. The molecule has 6 heteroatoms. The van der Waals surface area contributed by atoms with Gasteiger partial charge in [0, 0.05) is 23.2 Å². The van der Waals surface area contributed by atoms with Gasteiger partial charge in [-0.15, -0.1) is 0 Å². The van der Waals surface area contributed by atoms with Gasteiger partial charge in [0.1, 0.15) is 13.2 Å². The first-order valence-corrected chi connectivity index (χ1v) is 8.05. The summed E-state index contributed by atoms with van der Waals surface area (Å²) in [6.45, 7) is 1.46. The number of hydrogen-bond donors (Lipinski definition) is 2. The van der Waals surface area contributed by atoms with Crippen LogP contribution in [0.2, 0.25) is 0 Å². The molecule has 21 heavy (non-hydrogen) atoms. The summed E-state index contributed by atoms with van der Waals surface area (Å²) in [5.74, 6) is 1.35. The van der Waals surface area contributed by atoms with E-state index in [2.05, 4.69) is 21.2 Å².